The Kier molecular flexibility index (Phi) is 2.83. The number of rotatable bonds is 2. The quantitative estimate of drug-likeness (QED) is 0.755. The number of oxazole rings is 1. The molecule has 0 spiro atoms. The van der Waals surface area contributed by atoms with E-state index in [1.54, 1.807) is 0 Å². The van der Waals surface area contributed by atoms with Crippen molar-refractivity contribution in [1.82, 2.24) is 4.98 Å². The molecule has 0 bridgehead atoms. The monoisotopic (exact) mass is 247 g/mol. The first-order valence-corrected chi connectivity index (χ1v) is 6.36. The second kappa shape index (κ2) is 4.49. The average molecular weight is 247 g/mol. The molecule has 5 nitrogen and oxygen atoms in total. The van der Waals surface area contributed by atoms with Gasteiger partial charge in [0.15, 0.2) is 5.58 Å². The summed E-state index contributed by atoms with van der Waals surface area (Å²) in [5.74, 6) is -0.411. The van der Waals surface area contributed by atoms with Crippen molar-refractivity contribution < 1.29 is 4.42 Å². The maximum atomic E-state index is 11.1. The van der Waals surface area contributed by atoms with Crippen LogP contribution in [0.1, 0.15) is 25.7 Å². The summed E-state index contributed by atoms with van der Waals surface area (Å²) < 4.78 is 5.04. The Bertz CT molecular complexity index is 594. The molecular weight excluding hydrogens is 230 g/mol. The lowest BCUT2D eigenvalue weighted by Crippen LogP contribution is -2.32. The van der Waals surface area contributed by atoms with Crippen molar-refractivity contribution in [2.75, 3.05) is 5.32 Å². The summed E-state index contributed by atoms with van der Waals surface area (Å²) in [6.07, 6.45) is 4.32. The maximum Gasteiger partial charge on any atom is 0.417 e. The van der Waals surface area contributed by atoms with Gasteiger partial charge in [-0.25, -0.2) is 4.79 Å². The van der Waals surface area contributed by atoms with Crippen molar-refractivity contribution in [2.45, 2.75) is 37.8 Å². The number of hydrogen-bond acceptors (Lipinski definition) is 4. The second-order valence-corrected chi connectivity index (χ2v) is 4.98. The minimum atomic E-state index is -0.411. The summed E-state index contributed by atoms with van der Waals surface area (Å²) in [5, 5.41) is 3.47. The molecule has 1 saturated carbocycles. The highest BCUT2D eigenvalue weighted by molar-refractivity contribution is 5.76. The molecule has 1 fully saturated rings. The van der Waals surface area contributed by atoms with E-state index >= 15 is 0 Å². The fourth-order valence-electron chi connectivity index (χ4n) is 2.53. The average Bonchev–Trinajstić information content (AvgIpc) is 2.71. The van der Waals surface area contributed by atoms with E-state index in [4.69, 9.17) is 10.2 Å². The minimum Gasteiger partial charge on any atom is -0.408 e. The third kappa shape index (κ3) is 2.26. The minimum absolute atomic E-state index is 0.355. The highest BCUT2D eigenvalue weighted by Gasteiger charge is 2.18. The highest BCUT2D eigenvalue weighted by atomic mass is 16.4. The number of H-pyrrole nitrogens is 1. The zero-order valence-electron chi connectivity index (χ0n) is 10.1. The molecule has 96 valence electrons. The number of nitrogens with two attached hydrogens (primary N) is 1. The SMILES string of the molecule is NC1CCC(Nc2ccc3[nH]c(=O)oc3c2)CC1. The first kappa shape index (κ1) is 11.3. The number of benzene rings is 1. The molecule has 1 aromatic heterocycles. The molecule has 1 aromatic carbocycles. The van der Waals surface area contributed by atoms with Gasteiger partial charge < -0.3 is 15.5 Å². The number of hydrogen-bond donors (Lipinski definition) is 3. The summed E-state index contributed by atoms with van der Waals surface area (Å²) in [6, 6.07) is 6.50. The molecular formula is C13H17N3O2. The third-order valence-electron chi connectivity index (χ3n) is 3.56. The molecule has 1 heterocycles. The number of nitrogens with one attached hydrogen (secondary N) is 2. The van der Waals surface area contributed by atoms with Crippen LogP contribution >= 0.6 is 0 Å². The van der Waals surface area contributed by atoms with E-state index in [0.717, 1.165) is 36.9 Å². The molecule has 5 heteroatoms. The van der Waals surface area contributed by atoms with Crippen molar-refractivity contribution in [3.63, 3.8) is 0 Å². The molecule has 0 saturated heterocycles. The van der Waals surface area contributed by atoms with Gasteiger partial charge in [-0.15, -0.1) is 0 Å². The van der Waals surface area contributed by atoms with E-state index in [0.29, 0.717) is 17.7 Å². The van der Waals surface area contributed by atoms with Gasteiger partial charge in [0.1, 0.15) is 0 Å². The van der Waals surface area contributed by atoms with Gasteiger partial charge in [0.2, 0.25) is 0 Å². The van der Waals surface area contributed by atoms with E-state index in [1.807, 2.05) is 18.2 Å². The van der Waals surface area contributed by atoms with Crippen molar-refractivity contribution in [3.05, 3.63) is 28.7 Å². The van der Waals surface area contributed by atoms with E-state index < -0.39 is 5.76 Å². The molecule has 3 rings (SSSR count). The van der Waals surface area contributed by atoms with Gasteiger partial charge in [-0.3, -0.25) is 4.98 Å². The predicted molar refractivity (Wildman–Crippen MR) is 70.7 cm³/mol. The van der Waals surface area contributed by atoms with Crippen LogP contribution in [0.2, 0.25) is 0 Å². The molecule has 18 heavy (non-hydrogen) atoms. The summed E-state index contributed by atoms with van der Waals surface area (Å²) in [6.45, 7) is 0. The van der Waals surface area contributed by atoms with Crippen molar-refractivity contribution >= 4 is 16.8 Å². The lowest BCUT2D eigenvalue weighted by molar-refractivity contribution is 0.411. The molecule has 0 unspecified atom stereocenters. The first-order valence-electron chi connectivity index (χ1n) is 6.36. The fraction of sp³-hybridized carbons (Fsp3) is 0.462. The van der Waals surface area contributed by atoms with Gasteiger partial charge in [-0.2, -0.15) is 0 Å². The van der Waals surface area contributed by atoms with Gasteiger partial charge >= 0.3 is 5.76 Å². The maximum absolute atomic E-state index is 11.1. The smallest absolute Gasteiger partial charge is 0.408 e. The Morgan fingerprint density at radius 1 is 1.28 bits per heavy atom. The van der Waals surface area contributed by atoms with Crippen molar-refractivity contribution in [2.24, 2.45) is 5.73 Å². The Morgan fingerprint density at radius 2 is 2.06 bits per heavy atom. The molecule has 0 amide bonds. The molecule has 4 N–H and O–H groups in total. The fourth-order valence-corrected chi connectivity index (χ4v) is 2.53. The number of anilines is 1. The highest BCUT2D eigenvalue weighted by Crippen LogP contribution is 2.23. The van der Waals surface area contributed by atoms with Gasteiger partial charge in [0.05, 0.1) is 5.52 Å². The summed E-state index contributed by atoms with van der Waals surface area (Å²) >= 11 is 0. The van der Waals surface area contributed by atoms with Crippen LogP contribution in [0, 0.1) is 0 Å². The molecule has 0 atom stereocenters. The van der Waals surface area contributed by atoms with Crippen LogP contribution < -0.4 is 16.8 Å². The summed E-state index contributed by atoms with van der Waals surface area (Å²) in [4.78, 5) is 13.7. The topological polar surface area (TPSA) is 84.0 Å². The Balaban J connectivity index is 1.76. The van der Waals surface area contributed by atoms with Crippen LogP contribution in [0.5, 0.6) is 0 Å². The standard InChI is InChI=1S/C13H17N3O2/c14-8-1-3-9(4-2-8)15-10-5-6-11-12(7-10)18-13(17)16-11/h5-9,15H,1-4,14H2,(H,16,17). The van der Waals surface area contributed by atoms with Gasteiger partial charge in [-0.1, -0.05) is 0 Å². The van der Waals surface area contributed by atoms with E-state index in [1.165, 1.54) is 0 Å². The van der Waals surface area contributed by atoms with Crippen LogP contribution in [0.4, 0.5) is 5.69 Å². The van der Waals surface area contributed by atoms with E-state index in [-0.39, 0.29) is 0 Å². The lowest BCUT2D eigenvalue weighted by atomic mass is 9.92. The second-order valence-electron chi connectivity index (χ2n) is 4.98. The zero-order chi connectivity index (χ0) is 12.5. The number of fused-ring (bicyclic) bond motifs is 1. The van der Waals surface area contributed by atoms with E-state index in [9.17, 15) is 4.79 Å². The Hall–Kier alpha value is -1.75. The third-order valence-corrected chi connectivity index (χ3v) is 3.56. The number of aromatic amines is 1. The summed E-state index contributed by atoms with van der Waals surface area (Å²) in [7, 11) is 0. The van der Waals surface area contributed by atoms with Gasteiger partial charge in [-0.05, 0) is 37.8 Å². The zero-order valence-corrected chi connectivity index (χ0v) is 10.1. The molecule has 0 radical (unpaired) electrons. The normalized spacial score (nSPS) is 24.3. The summed E-state index contributed by atoms with van der Waals surface area (Å²) in [5.41, 5.74) is 8.20. The molecule has 2 aromatic rings. The Labute approximate surface area is 104 Å². The van der Waals surface area contributed by atoms with Crippen LogP contribution in [0.15, 0.2) is 27.4 Å². The number of aromatic nitrogens is 1. The molecule has 1 aliphatic carbocycles. The van der Waals surface area contributed by atoms with Crippen LogP contribution in [0.25, 0.3) is 11.1 Å². The molecule has 0 aliphatic heterocycles. The van der Waals surface area contributed by atoms with Crippen molar-refractivity contribution in [1.29, 1.82) is 0 Å². The van der Waals surface area contributed by atoms with Crippen molar-refractivity contribution in [3.8, 4) is 0 Å². The largest absolute Gasteiger partial charge is 0.417 e. The van der Waals surface area contributed by atoms with Gasteiger partial charge in [0.25, 0.3) is 0 Å². The predicted octanol–water partition coefficient (Wildman–Crippen LogP) is 1.80. The molecule has 1 aliphatic rings. The van der Waals surface area contributed by atoms with Gasteiger partial charge in [0, 0.05) is 23.8 Å². The van der Waals surface area contributed by atoms with E-state index in [2.05, 4.69) is 10.3 Å². The van der Waals surface area contributed by atoms with Crippen LogP contribution in [-0.2, 0) is 0 Å². The van der Waals surface area contributed by atoms with Crippen LogP contribution in [0.3, 0.4) is 0 Å². The first-order chi connectivity index (χ1) is 8.70. The lowest BCUT2D eigenvalue weighted by Gasteiger charge is -2.27. The van der Waals surface area contributed by atoms with Crippen LogP contribution in [-0.4, -0.2) is 17.1 Å². The Morgan fingerprint density at radius 3 is 2.83 bits per heavy atom.